The molecule has 1 saturated heterocycles. The Bertz CT molecular complexity index is 1090. The number of hydrogen-bond acceptors (Lipinski definition) is 7. The number of thiazole rings is 1. The van der Waals surface area contributed by atoms with Crippen LogP contribution in [0.2, 0.25) is 0 Å². The molecule has 3 heterocycles. The van der Waals surface area contributed by atoms with E-state index in [4.69, 9.17) is 0 Å². The van der Waals surface area contributed by atoms with Crippen LogP contribution in [0.25, 0.3) is 0 Å². The van der Waals surface area contributed by atoms with Crippen LogP contribution in [0.3, 0.4) is 0 Å². The molecular formula is C21H25N5O2S2. The number of hydrogen-bond donors (Lipinski definition) is 1. The van der Waals surface area contributed by atoms with E-state index in [0.717, 1.165) is 31.7 Å². The summed E-state index contributed by atoms with van der Waals surface area (Å²) in [6.45, 7) is 4.81. The number of likely N-dealkylation sites (N-methyl/N-ethyl adjacent to an activating group) is 1. The van der Waals surface area contributed by atoms with E-state index in [2.05, 4.69) is 55.8 Å². The largest absolute Gasteiger partial charge is 0.369 e. The van der Waals surface area contributed by atoms with E-state index in [-0.39, 0.29) is 5.03 Å². The molecule has 1 aliphatic rings. The Morgan fingerprint density at radius 1 is 1.23 bits per heavy atom. The smallest absolute Gasteiger partial charge is 0.280 e. The highest BCUT2D eigenvalue weighted by Crippen LogP contribution is 2.26. The van der Waals surface area contributed by atoms with Gasteiger partial charge in [-0.1, -0.05) is 30.3 Å². The highest BCUT2D eigenvalue weighted by molar-refractivity contribution is 7.92. The van der Waals surface area contributed by atoms with E-state index in [1.807, 2.05) is 19.1 Å². The second kappa shape index (κ2) is 8.71. The van der Waals surface area contributed by atoms with Crippen LogP contribution in [0.5, 0.6) is 0 Å². The topological polar surface area (TPSA) is 78.4 Å². The predicted octanol–water partition coefficient (Wildman–Crippen LogP) is 3.36. The molecule has 0 amide bonds. The van der Waals surface area contributed by atoms with Gasteiger partial charge in [-0.05, 0) is 31.0 Å². The molecule has 0 saturated carbocycles. The maximum atomic E-state index is 12.6. The van der Waals surface area contributed by atoms with Gasteiger partial charge in [-0.25, -0.2) is 9.97 Å². The van der Waals surface area contributed by atoms with Crippen molar-refractivity contribution < 1.29 is 8.42 Å². The summed E-state index contributed by atoms with van der Waals surface area (Å²) in [4.78, 5) is 13.0. The van der Waals surface area contributed by atoms with Crippen molar-refractivity contribution in [2.45, 2.75) is 31.0 Å². The Hall–Kier alpha value is -2.49. The zero-order valence-electron chi connectivity index (χ0n) is 17.0. The summed E-state index contributed by atoms with van der Waals surface area (Å²) in [6, 6.07) is 14.3. The van der Waals surface area contributed by atoms with Gasteiger partial charge in [0.05, 0.1) is 16.9 Å². The van der Waals surface area contributed by atoms with Crippen LogP contribution in [0.4, 0.5) is 11.5 Å². The highest BCUT2D eigenvalue weighted by Gasteiger charge is 2.27. The third-order valence-corrected chi connectivity index (χ3v) is 7.25. The van der Waals surface area contributed by atoms with Gasteiger partial charge in [-0.3, -0.25) is 9.62 Å². The third-order valence-electron chi connectivity index (χ3n) is 5.40. The summed E-state index contributed by atoms with van der Waals surface area (Å²) >= 11 is 1.33. The second-order valence-corrected chi connectivity index (χ2v) is 9.86. The molecule has 3 aromatic rings. The van der Waals surface area contributed by atoms with Crippen molar-refractivity contribution in [3.63, 3.8) is 0 Å². The number of anilines is 2. The van der Waals surface area contributed by atoms with Gasteiger partial charge < -0.3 is 4.90 Å². The van der Waals surface area contributed by atoms with E-state index in [1.165, 1.54) is 16.9 Å². The van der Waals surface area contributed by atoms with Crippen molar-refractivity contribution in [3.8, 4) is 0 Å². The van der Waals surface area contributed by atoms with E-state index in [9.17, 15) is 8.42 Å². The third kappa shape index (κ3) is 4.63. The average molecular weight is 444 g/mol. The van der Waals surface area contributed by atoms with Crippen molar-refractivity contribution >= 4 is 32.9 Å². The fraction of sp³-hybridized carbons (Fsp3) is 0.333. The quantitative estimate of drug-likeness (QED) is 0.603. The lowest BCUT2D eigenvalue weighted by atomic mass is 10.2. The first kappa shape index (κ1) is 20.8. The number of benzene rings is 1. The van der Waals surface area contributed by atoms with Gasteiger partial charge in [0.25, 0.3) is 10.0 Å². The molecule has 0 aliphatic carbocycles. The maximum Gasteiger partial charge on any atom is 0.280 e. The lowest BCUT2D eigenvalue weighted by molar-refractivity contribution is 0.326. The van der Waals surface area contributed by atoms with Crippen LogP contribution in [0.1, 0.15) is 17.7 Å². The first-order valence-corrected chi connectivity index (χ1v) is 12.2. The van der Waals surface area contributed by atoms with E-state index in [0.29, 0.717) is 17.6 Å². The summed E-state index contributed by atoms with van der Waals surface area (Å²) in [5.41, 5.74) is 4.55. The van der Waals surface area contributed by atoms with Crippen molar-refractivity contribution in [1.82, 2.24) is 14.9 Å². The normalized spacial score (nSPS) is 17.2. The molecule has 2 aromatic heterocycles. The zero-order chi connectivity index (χ0) is 21.1. The monoisotopic (exact) mass is 443 g/mol. The van der Waals surface area contributed by atoms with Crippen LogP contribution >= 0.6 is 11.3 Å². The predicted molar refractivity (Wildman–Crippen MR) is 120 cm³/mol. The van der Waals surface area contributed by atoms with Gasteiger partial charge in [0.1, 0.15) is 0 Å². The van der Waals surface area contributed by atoms with Crippen molar-refractivity contribution in [2.24, 2.45) is 0 Å². The standard InChI is InChI=1S/C21H25N5O2S2/c1-16-19(8-9-21(23-16)30(27,28)24-20-14-29-15-22-20)25(2)18-10-11-26(13-18)12-17-6-4-3-5-7-17/h3-9,14-15,18,24H,10-13H2,1-2H3/t18-/m0/s1. The second-order valence-electron chi connectivity index (χ2n) is 7.51. The number of nitrogens with zero attached hydrogens (tertiary/aromatic N) is 4. The van der Waals surface area contributed by atoms with E-state index >= 15 is 0 Å². The van der Waals surface area contributed by atoms with Gasteiger partial charge in [-0.15, -0.1) is 11.3 Å². The van der Waals surface area contributed by atoms with Gasteiger partial charge in [0.2, 0.25) is 0 Å². The minimum atomic E-state index is -3.75. The zero-order valence-corrected chi connectivity index (χ0v) is 18.7. The Labute approximate surface area is 181 Å². The van der Waals surface area contributed by atoms with Gasteiger partial charge in [0.15, 0.2) is 10.8 Å². The lowest BCUT2D eigenvalue weighted by Crippen LogP contribution is -2.35. The molecule has 0 spiro atoms. The molecule has 1 atom stereocenters. The molecule has 0 radical (unpaired) electrons. The SMILES string of the molecule is Cc1nc(S(=O)(=O)Nc2cscn2)ccc1N(C)[C@H]1CCN(Cc2ccccc2)C1. The van der Waals surface area contributed by atoms with Gasteiger partial charge >= 0.3 is 0 Å². The molecule has 7 nitrogen and oxygen atoms in total. The summed E-state index contributed by atoms with van der Waals surface area (Å²) in [7, 11) is -1.70. The number of likely N-dealkylation sites (tertiary alicyclic amines) is 1. The van der Waals surface area contributed by atoms with Crippen molar-refractivity contribution in [3.05, 3.63) is 64.6 Å². The van der Waals surface area contributed by atoms with Crippen molar-refractivity contribution in [2.75, 3.05) is 29.8 Å². The molecule has 4 rings (SSSR count). The highest BCUT2D eigenvalue weighted by atomic mass is 32.2. The van der Waals surface area contributed by atoms with Crippen LogP contribution in [0.15, 0.2) is 58.4 Å². The molecule has 0 unspecified atom stereocenters. The Morgan fingerprint density at radius 2 is 2.03 bits per heavy atom. The Balaban J connectivity index is 1.44. The number of aryl methyl sites for hydroxylation is 1. The fourth-order valence-corrected chi connectivity index (χ4v) is 5.37. The summed E-state index contributed by atoms with van der Waals surface area (Å²) in [5.74, 6) is 0.310. The van der Waals surface area contributed by atoms with Crippen LogP contribution in [-0.4, -0.2) is 49.5 Å². The van der Waals surface area contributed by atoms with Crippen LogP contribution < -0.4 is 9.62 Å². The summed E-state index contributed by atoms with van der Waals surface area (Å²) in [6.07, 6.45) is 1.06. The van der Waals surface area contributed by atoms with E-state index < -0.39 is 10.0 Å². The molecule has 0 bridgehead atoms. The number of pyridine rings is 1. The Morgan fingerprint density at radius 3 is 2.73 bits per heavy atom. The number of aromatic nitrogens is 2. The fourth-order valence-electron chi connectivity index (χ4n) is 3.82. The maximum absolute atomic E-state index is 12.6. The first-order chi connectivity index (χ1) is 14.4. The Kier molecular flexibility index (Phi) is 6.03. The summed E-state index contributed by atoms with van der Waals surface area (Å²) in [5, 5.41) is 1.65. The number of rotatable bonds is 7. The molecule has 1 fully saturated rings. The van der Waals surface area contributed by atoms with Crippen LogP contribution in [0, 0.1) is 6.92 Å². The van der Waals surface area contributed by atoms with Crippen molar-refractivity contribution in [1.29, 1.82) is 0 Å². The minimum absolute atomic E-state index is 0.00211. The summed E-state index contributed by atoms with van der Waals surface area (Å²) < 4.78 is 27.6. The minimum Gasteiger partial charge on any atom is -0.369 e. The molecule has 1 aliphatic heterocycles. The van der Waals surface area contributed by atoms with Crippen LogP contribution in [-0.2, 0) is 16.6 Å². The molecule has 1 N–H and O–H groups in total. The van der Waals surface area contributed by atoms with Gasteiger partial charge in [0, 0.05) is 38.1 Å². The molecule has 30 heavy (non-hydrogen) atoms. The average Bonchev–Trinajstić information content (AvgIpc) is 3.40. The molecular weight excluding hydrogens is 418 g/mol. The molecule has 9 heteroatoms. The van der Waals surface area contributed by atoms with Gasteiger partial charge in [-0.2, -0.15) is 8.42 Å². The molecule has 158 valence electrons. The molecule has 1 aromatic carbocycles. The van der Waals surface area contributed by atoms with E-state index in [1.54, 1.807) is 17.0 Å². The first-order valence-electron chi connectivity index (χ1n) is 9.80. The lowest BCUT2D eigenvalue weighted by Gasteiger charge is -2.28. The number of nitrogens with one attached hydrogen (secondary N) is 1. The number of sulfonamides is 1.